The van der Waals surface area contributed by atoms with Crippen molar-refractivity contribution in [3.05, 3.63) is 53.9 Å². The van der Waals surface area contributed by atoms with Crippen molar-refractivity contribution in [3.63, 3.8) is 0 Å². The highest BCUT2D eigenvalue weighted by atomic mass is 16.5. The largest absolute Gasteiger partial charge is 0.493 e. The van der Waals surface area contributed by atoms with Gasteiger partial charge in [-0.05, 0) is 29.8 Å². The molecule has 0 amide bonds. The lowest BCUT2D eigenvalue weighted by atomic mass is 10.2. The SMILES string of the molecule is COc1cc(CO)ccc1OCc1ccccn1. The first-order valence-corrected chi connectivity index (χ1v) is 5.64. The fraction of sp³-hybridized carbons (Fsp3) is 0.214. The predicted molar refractivity (Wildman–Crippen MR) is 67.5 cm³/mol. The van der Waals surface area contributed by atoms with Crippen LogP contribution >= 0.6 is 0 Å². The highest BCUT2D eigenvalue weighted by Crippen LogP contribution is 2.28. The van der Waals surface area contributed by atoms with Gasteiger partial charge in [-0.3, -0.25) is 4.98 Å². The van der Waals surface area contributed by atoms with Crippen molar-refractivity contribution in [1.29, 1.82) is 0 Å². The zero-order valence-corrected chi connectivity index (χ0v) is 10.2. The van der Waals surface area contributed by atoms with Crippen LogP contribution in [0.1, 0.15) is 11.3 Å². The van der Waals surface area contributed by atoms with E-state index in [1.165, 1.54) is 0 Å². The molecule has 0 fully saturated rings. The van der Waals surface area contributed by atoms with Gasteiger partial charge in [0.25, 0.3) is 0 Å². The van der Waals surface area contributed by atoms with Crippen molar-refractivity contribution in [2.45, 2.75) is 13.2 Å². The molecule has 0 aliphatic carbocycles. The third-order valence-electron chi connectivity index (χ3n) is 2.51. The van der Waals surface area contributed by atoms with Crippen LogP contribution in [0.2, 0.25) is 0 Å². The minimum Gasteiger partial charge on any atom is -0.493 e. The maximum Gasteiger partial charge on any atom is 0.161 e. The molecule has 2 rings (SSSR count). The van der Waals surface area contributed by atoms with Crippen LogP contribution in [0.25, 0.3) is 0 Å². The maximum atomic E-state index is 9.05. The number of aliphatic hydroxyl groups excluding tert-OH is 1. The summed E-state index contributed by atoms with van der Waals surface area (Å²) >= 11 is 0. The minimum atomic E-state index is -0.0170. The zero-order chi connectivity index (χ0) is 12.8. The van der Waals surface area contributed by atoms with Gasteiger partial charge in [0, 0.05) is 6.20 Å². The summed E-state index contributed by atoms with van der Waals surface area (Å²) in [7, 11) is 1.57. The molecular weight excluding hydrogens is 230 g/mol. The van der Waals surface area contributed by atoms with E-state index < -0.39 is 0 Å². The van der Waals surface area contributed by atoms with Gasteiger partial charge >= 0.3 is 0 Å². The Morgan fingerprint density at radius 1 is 1.17 bits per heavy atom. The third-order valence-corrected chi connectivity index (χ3v) is 2.51. The summed E-state index contributed by atoms with van der Waals surface area (Å²) in [6.07, 6.45) is 1.73. The number of methoxy groups -OCH3 is 1. The molecule has 4 nitrogen and oxygen atoms in total. The van der Waals surface area contributed by atoms with Crippen LogP contribution in [-0.2, 0) is 13.2 Å². The standard InChI is InChI=1S/C14H15NO3/c1-17-14-8-11(9-16)5-6-13(14)18-10-12-4-2-3-7-15-12/h2-8,16H,9-10H2,1H3. The molecule has 4 heteroatoms. The molecule has 0 saturated carbocycles. The van der Waals surface area contributed by atoms with E-state index in [-0.39, 0.29) is 6.61 Å². The Morgan fingerprint density at radius 2 is 2.06 bits per heavy atom. The molecule has 1 aromatic carbocycles. The second-order valence-corrected chi connectivity index (χ2v) is 3.75. The summed E-state index contributed by atoms with van der Waals surface area (Å²) in [6.45, 7) is 0.368. The van der Waals surface area contributed by atoms with Crippen molar-refractivity contribution in [3.8, 4) is 11.5 Å². The summed E-state index contributed by atoms with van der Waals surface area (Å²) in [4.78, 5) is 4.18. The van der Waals surface area contributed by atoms with Crippen LogP contribution in [0, 0.1) is 0 Å². The van der Waals surface area contributed by atoms with Crippen LogP contribution in [0.4, 0.5) is 0 Å². The van der Waals surface area contributed by atoms with Crippen molar-refractivity contribution in [2.24, 2.45) is 0 Å². The number of pyridine rings is 1. The van der Waals surface area contributed by atoms with Crippen LogP contribution in [-0.4, -0.2) is 17.2 Å². The molecule has 0 atom stereocenters. The van der Waals surface area contributed by atoms with Gasteiger partial charge in [-0.15, -0.1) is 0 Å². The zero-order valence-electron chi connectivity index (χ0n) is 10.2. The maximum absolute atomic E-state index is 9.05. The third kappa shape index (κ3) is 2.99. The highest BCUT2D eigenvalue weighted by molar-refractivity contribution is 5.42. The molecule has 1 aromatic heterocycles. The Labute approximate surface area is 106 Å². The number of aliphatic hydroxyl groups is 1. The predicted octanol–water partition coefficient (Wildman–Crippen LogP) is 2.16. The van der Waals surface area contributed by atoms with Crippen LogP contribution in [0.3, 0.4) is 0 Å². The first-order chi connectivity index (χ1) is 8.83. The summed E-state index contributed by atoms with van der Waals surface area (Å²) in [5, 5.41) is 9.05. The van der Waals surface area contributed by atoms with Gasteiger partial charge in [0.15, 0.2) is 11.5 Å². The molecule has 1 heterocycles. The van der Waals surface area contributed by atoms with Gasteiger partial charge in [-0.2, -0.15) is 0 Å². The van der Waals surface area contributed by atoms with Gasteiger partial charge in [-0.25, -0.2) is 0 Å². The molecular formula is C14H15NO3. The lowest BCUT2D eigenvalue weighted by molar-refractivity contribution is 0.272. The van der Waals surface area contributed by atoms with Crippen molar-refractivity contribution < 1.29 is 14.6 Å². The number of rotatable bonds is 5. The second kappa shape index (κ2) is 6.02. The van der Waals surface area contributed by atoms with Crippen LogP contribution < -0.4 is 9.47 Å². The molecule has 0 radical (unpaired) electrons. The van der Waals surface area contributed by atoms with Crippen molar-refractivity contribution in [1.82, 2.24) is 4.98 Å². The molecule has 0 aliphatic heterocycles. The first-order valence-electron chi connectivity index (χ1n) is 5.64. The van der Waals surface area contributed by atoms with E-state index in [0.717, 1.165) is 11.3 Å². The smallest absolute Gasteiger partial charge is 0.161 e. The van der Waals surface area contributed by atoms with Crippen molar-refractivity contribution >= 4 is 0 Å². The molecule has 0 aliphatic rings. The molecule has 2 aromatic rings. The van der Waals surface area contributed by atoms with E-state index in [1.54, 1.807) is 31.5 Å². The van der Waals surface area contributed by atoms with E-state index in [1.807, 2.05) is 18.2 Å². The van der Waals surface area contributed by atoms with Gasteiger partial charge in [0.1, 0.15) is 6.61 Å². The second-order valence-electron chi connectivity index (χ2n) is 3.75. The summed E-state index contributed by atoms with van der Waals surface area (Å²) in [5.74, 6) is 1.25. The molecule has 1 N–H and O–H groups in total. The quantitative estimate of drug-likeness (QED) is 0.877. The van der Waals surface area contributed by atoms with Gasteiger partial charge in [0.2, 0.25) is 0 Å². The molecule has 18 heavy (non-hydrogen) atoms. The van der Waals surface area contributed by atoms with Gasteiger partial charge < -0.3 is 14.6 Å². The summed E-state index contributed by atoms with van der Waals surface area (Å²) in [6, 6.07) is 11.0. The van der Waals surface area contributed by atoms with Gasteiger partial charge in [-0.1, -0.05) is 12.1 Å². The highest BCUT2D eigenvalue weighted by Gasteiger charge is 2.06. The molecule has 0 saturated heterocycles. The molecule has 94 valence electrons. The van der Waals surface area contributed by atoms with E-state index in [4.69, 9.17) is 14.6 Å². The van der Waals surface area contributed by atoms with Gasteiger partial charge in [0.05, 0.1) is 19.4 Å². The number of benzene rings is 1. The Kier molecular flexibility index (Phi) is 4.15. The fourth-order valence-electron chi connectivity index (χ4n) is 1.56. The lowest BCUT2D eigenvalue weighted by Crippen LogP contribution is -2.00. The molecule has 0 bridgehead atoms. The number of ether oxygens (including phenoxy) is 2. The lowest BCUT2D eigenvalue weighted by Gasteiger charge is -2.11. The van der Waals surface area contributed by atoms with E-state index in [0.29, 0.717) is 18.1 Å². The van der Waals surface area contributed by atoms with E-state index >= 15 is 0 Å². The number of hydrogen-bond acceptors (Lipinski definition) is 4. The Bertz CT molecular complexity index is 500. The Hall–Kier alpha value is -2.07. The molecule has 0 spiro atoms. The summed E-state index contributed by atoms with van der Waals surface area (Å²) < 4.78 is 10.9. The number of nitrogens with zero attached hydrogens (tertiary/aromatic N) is 1. The van der Waals surface area contributed by atoms with Crippen LogP contribution in [0.15, 0.2) is 42.6 Å². The Morgan fingerprint density at radius 3 is 2.72 bits per heavy atom. The van der Waals surface area contributed by atoms with E-state index in [9.17, 15) is 0 Å². The first kappa shape index (κ1) is 12.4. The minimum absolute atomic E-state index is 0.0170. The average molecular weight is 245 g/mol. The van der Waals surface area contributed by atoms with Crippen molar-refractivity contribution in [2.75, 3.05) is 7.11 Å². The monoisotopic (exact) mass is 245 g/mol. The molecule has 0 unspecified atom stereocenters. The normalized spacial score (nSPS) is 10.1. The van der Waals surface area contributed by atoms with Crippen LogP contribution in [0.5, 0.6) is 11.5 Å². The Balaban J connectivity index is 2.09. The number of hydrogen-bond donors (Lipinski definition) is 1. The fourth-order valence-corrected chi connectivity index (χ4v) is 1.56. The summed E-state index contributed by atoms with van der Waals surface area (Å²) in [5.41, 5.74) is 1.64. The average Bonchev–Trinajstić information content (AvgIpc) is 2.46. The van der Waals surface area contributed by atoms with E-state index in [2.05, 4.69) is 4.98 Å². The topological polar surface area (TPSA) is 51.6 Å². The number of aromatic nitrogens is 1.